The number of ketones is 1. The molecule has 0 fully saturated rings. The van der Waals surface area contributed by atoms with Gasteiger partial charge >= 0.3 is 12.2 Å². The van der Waals surface area contributed by atoms with Crippen LogP contribution in [0.3, 0.4) is 0 Å². The number of benzene rings is 1. The van der Waals surface area contributed by atoms with Gasteiger partial charge < -0.3 is 14.8 Å². The molecule has 1 N–H and O–H groups in total. The lowest BCUT2D eigenvalue weighted by atomic mass is 10.2. The van der Waals surface area contributed by atoms with E-state index in [0.29, 0.717) is 0 Å². The van der Waals surface area contributed by atoms with Crippen LogP contribution in [0.2, 0.25) is 0 Å². The van der Waals surface area contributed by atoms with E-state index in [1.165, 1.54) is 6.92 Å². The second kappa shape index (κ2) is 10.4. The largest absolute Gasteiger partial charge is 0.444 e. The number of alkyl carbamates (subject to hydrolysis) is 1. The molecule has 0 saturated heterocycles. The second-order valence-electron chi connectivity index (χ2n) is 6.54. The maximum absolute atomic E-state index is 12.1. The van der Waals surface area contributed by atoms with E-state index < -0.39 is 17.8 Å². The Morgan fingerprint density at radius 1 is 1.12 bits per heavy atom. The first-order valence-corrected chi connectivity index (χ1v) is 8.25. The number of carbonyl (C=O) groups is 3. The molecular formula is C18H26N2O6. The van der Waals surface area contributed by atoms with E-state index in [2.05, 4.69) is 5.32 Å². The lowest BCUT2D eigenvalue weighted by Gasteiger charge is -2.21. The van der Waals surface area contributed by atoms with Crippen LogP contribution in [0.25, 0.3) is 0 Å². The van der Waals surface area contributed by atoms with Gasteiger partial charge in [0.15, 0.2) is 5.78 Å². The third-order valence-electron chi connectivity index (χ3n) is 2.79. The Morgan fingerprint density at radius 2 is 1.77 bits per heavy atom. The molecule has 0 aliphatic rings. The zero-order valence-corrected chi connectivity index (χ0v) is 15.6. The number of rotatable bonds is 8. The van der Waals surface area contributed by atoms with E-state index in [-0.39, 0.29) is 32.1 Å². The van der Waals surface area contributed by atoms with Crippen molar-refractivity contribution in [1.29, 1.82) is 0 Å². The fraction of sp³-hybridized carbons (Fsp3) is 0.500. The highest BCUT2D eigenvalue weighted by Crippen LogP contribution is 2.06. The third-order valence-corrected chi connectivity index (χ3v) is 2.79. The SMILES string of the molecule is CC(=O)CN(OCCNC(=O)OC(C)(C)C)C(=O)OCc1ccccc1. The molecule has 1 aromatic carbocycles. The normalized spacial score (nSPS) is 10.8. The van der Waals surface area contributed by atoms with E-state index in [1.54, 1.807) is 20.8 Å². The van der Waals surface area contributed by atoms with Gasteiger partial charge in [0, 0.05) is 6.54 Å². The van der Waals surface area contributed by atoms with Crippen molar-refractivity contribution >= 4 is 18.0 Å². The number of ether oxygens (including phenoxy) is 2. The van der Waals surface area contributed by atoms with Crippen molar-refractivity contribution < 1.29 is 28.7 Å². The Balaban J connectivity index is 2.41. The van der Waals surface area contributed by atoms with Crippen molar-refractivity contribution in [1.82, 2.24) is 10.4 Å². The molecule has 0 radical (unpaired) electrons. The lowest BCUT2D eigenvalue weighted by molar-refractivity contribution is -0.149. The van der Waals surface area contributed by atoms with Gasteiger partial charge in [-0.2, -0.15) is 5.06 Å². The number of hydrogen-bond donors (Lipinski definition) is 1. The Kier molecular flexibility index (Phi) is 8.57. The van der Waals surface area contributed by atoms with Crippen molar-refractivity contribution in [3.05, 3.63) is 35.9 Å². The van der Waals surface area contributed by atoms with Gasteiger partial charge in [-0.1, -0.05) is 30.3 Å². The molecule has 0 bridgehead atoms. The van der Waals surface area contributed by atoms with Gasteiger partial charge in [-0.05, 0) is 33.3 Å². The number of nitrogens with one attached hydrogen (secondary N) is 1. The van der Waals surface area contributed by atoms with Crippen molar-refractivity contribution in [2.45, 2.75) is 39.9 Å². The van der Waals surface area contributed by atoms with Crippen LogP contribution in [0.4, 0.5) is 9.59 Å². The molecule has 0 unspecified atom stereocenters. The van der Waals surface area contributed by atoms with Gasteiger partial charge in [-0.15, -0.1) is 0 Å². The molecule has 0 aliphatic carbocycles. The molecule has 2 amide bonds. The smallest absolute Gasteiger partial charge is 0.434 e. The van der Waals surface area contributed by atoms with Crippen LogP contribution in [-0.2, 0) is 25.7 Å². The number of carbonyl (C=O) groups excluding carboxylic acids is 3. The quantitative estimate of drug-likeness (QED) is 0.561. The summed E-state index contributed by atoms with van der Waals surface area (Å²) in [6.45, 7) is 6.48. The van der Waals surface area contributed by atoms with Crippen LogP contribution in [0.5, 0.6) is 0 Å². The summed E-state index contributed by atoms with van der Waals surface area (Å²) in [5.41, 5.74) is 0.211. The molecule has 1 rings (SSSR count). The molecule has 8 nitrogen and oxygen atoms in total. The highest BCUT2D eigenvalue weighted by atomic mass is 16.7. The predicted octanol–water partition coefficient (Wildman–Crippen LogP) is 2.67. The fourth-order valence-electron chi connectivity index (χ4n) is 1.78. The molecule has 0 heterocycles. The zero-order valence-electron chi connectivity index (χ0n) is 15.6. The summed E-state index contributed by atoms with van der Waals surface area (Å²) in [4.78, 5) is 40.2. The van der Waals surface area contributed by atoms with E-state index in [4.69, 9.17) is 14.3 Å². The summed E-state index contributed by atoms with van der Waals surface area (Å²) < 4.78 is 10.2. The van der Waals surface area contributed by atoms with Crippen LogP contribution in [0, 0.1) is 0 Å². The van der Waals surface area contributed by atoms with E-state index in [0.717, 1.165) is 10.6 Å². The molecular weight excluding hydrogens is 340 g/mol. The number of amides is 2. The maximum Gasteiger partial charge on any atom is 0.434 e. The van der Waals surface area contributed by atoms with Crippen LogP contribution in [-0.4, -0.2) is 48.3 Å². The highest BCUT2D eigenvalue weighted by molar-refractivity contribution is 5.81. The standard InChI is InChI=1S/C18H26N2O6/c1-14(21)12-20(17(23)24-13-15-8-6-5-7-9-15)25-11-10-19-16(22)26-18(2,3)4/h5-9H,10-13H2,1-4H3,(H,19,22). The first-order chi connectivity index (χ1) is 12.2. The lowest BCUT2D eigenvalue weighted by Crippen LogP contribution is -2.39. The molecule has 144 valence electrons. The molecule has 0 spiro atoms. The molecule has 0 saturated carbocycles. The molecule has 26 heavy (non-hydrogen) atoms. The second-order valence-corrected chi connectivity index (χ2v) is 6.54. The minimum absolute atomic E-state index is 0.0209. The first-order valence-electron chi connectivity index (χ1n) is 8.25. The van der Waals surface area contributed by atoms with Gasteiger partial charge in [0.05, 0.1) is 6.61 Å². The number of hydrogen-bond acceptors (Lipinski definition) is 6. The molecule has 0 aromatic heterocycles. The molecule has 1 aromatic rings. The van der Waals surface area contributed by atoms with Crippen molar-refractivity contribution in [2.24, 2.45) is 0 Å². The van der Waals surface area contributed by atoms with Crippen LogP contribution < -0.4 is 5.32 Å². The van der Waals surface area contributed by atoms with Gasteiger partial charge in [0.25, 0.3) is 0 Å². The monoisotopic (exact) mass is 366 g/mol. The topological polar surface area (TPSA) is 94.2 Å². The molecule has 0 aliphatic heterocycles. The number of Topliss-reactive ketones (excluding diaryl/α,β-unsaturated/α-hetero) is 1. The summed E-state index contributed by atoms with van der Waals surface area (Å²) in [5.74, 6) is -0.262. The summed E-state index contributed by atoms with van der Waals surface area (Å²) in [6.07, 6.45) is -1.37. The Bertz CT molecular complexity index is 597. The van der Waals surface area contributed by atoms with E-state index in [1.807, 2.05) is 30.3 Å². The van der Waals surface area contributed by atoms with Gasteiger partial charge in [-0.3, -0.25) is 9.63 Å². The van der Waals surface area contributed by atoms with E-state index >= 15 is 0 Å². The van der Waals surface area contributed by atoms with Crippen LogP contribution in [0.15, 0.2) is 30.3 Å². The Hall–Kier alpha value is -2.61. The molecule has 0 atom stereocenters. The van der Waals surface area contributed by atoms with Gasteiger partial charge in [0.1, 0.15) is 18.8 Å². The average Bonchev–Trinajstić information content (AvgIpc) is 2.54. The highest BCUT2D eigenvalue weighted by Gasteiger charge is 2.19. The summed E-state index contributed by atoms with van der Waals surface area (Å²) in [6, 6.07) is 9.14. The minimum atomic E-state index is -0.777. The number of hydroxylamine groups is 2. The summed E-state index contributed by atoms with van der Waals surface area (Å²) in [5, 5.41) is 3.33. The summed E-state index contributed by atoms with van der Waals surface area (Å²) >= 11 is 0. The summed E-state index contributed by atoms with van der Waals surface area (Å²) in [7, 11) is 0. The van der Waals surface area contributed by atoms with Gasteiger partial charge in [-0.25, -0.2) is 9.59 Å². The zero-order chi connectivity index (χ0) is 19.6. The maximum atomic E-state index is 12.1. The van der Waals surface area contributed by atoms with Crippen LogP contribution in [0.1, 0.15) is 33.3 Å². The average molecular weight is 366 g/mol. The van der Waals surface area contributed by atoms with Crippen molar-refractivity contribution in [3.8, 4) is 0 Å². The Morgan fingerprint density at radius 3 is 2.35 bits per heavy atom. The third kappa shape index (κ3) is 9.63. The van der Waals surface area contributed by atoms with E-state index in [9.17, 15) is 14.4 Å². The van der Waals surface area contributed by atoms with Crippen molar-refractivity contribution in [2.75, 3.05) is 19.7 Å². The first kappa shape index (κ1) is 21.4. The minimum Gasteiger partial charge on any atom is -0.444 e. The molecule has 8 heteroatoms. The predicted molar refractivity (Wildman–Crippen MR) is 94.2 cm³/mol. The van der Waals surface area contributed by atoms with Gasteiger partial charge in [0.2, 0.25) is 0 Å². The van der Waals surface area contributed by atoms with Crippen LogP contribution >= 0.6 is 0 Å². The number of nitrogens with zero attached hydrogens (tertiary/aromatic N) is 1. The Labute approximate surface area is 153 Å². The van der Waals surface area contributed by atoms with Crippen molar-refractivity contribution in [3.63, 3.8) is 0 Å². The fourth-order valence-corrected chi connectivity index (χ4v) is 1.78.